The highest BCUT2D eigenvalue weighted by molar-refractivity contribution is 4.98. The fourth-order valence-corrected chi connectivity index (χ4v) is 4.00. The van der Waals surface area contributed by atoms with Crippen molar-refractivity contribution < 1.29 is 9.47 Å². The molecule has 1 N–H and O–H groups in total. The first kappa shape index (κ1) is 14.3. The molecule has 1 aliphatic carbocycles. The number of likely N-dealkylation sites (N-methyl/N-ethyl adjacent to an activating group) is 1. The van der Waals surface area contributed by atoms with Gasteiger partial charge in [0.25, 0.3) is 0 Å². The topological polar surface area (TPSA) is 30.5 Å². The third-order valence-electron chi connectivity index (χ3n) is 5.10. The van der Waals surface area contributed by atoms with E-state index in [0.29, 0.717) is 12.0 Å². The summed E-state index contributed by atoms with van der Waals surface area (Å²) in [4.78, 5) is 0. The highest BCUT2D eigenvalue weighted by atomic mass is 16.5. The number of hydrogen-bond acceptors (Lipinski definition) is 3. The van der Waals surface area contributed by atoms with Crippen LogP contribution in [0.3, 0.4) is 0 Å². The predicted octanol–water partition coefficient (Wildman–Crippen LogP) is 2.74. The van der Waals surface area contributed by atoms with Crippen LogP contribution in [0.15, 0.2) is 0 Å². The van der Waals surface area contributed by atoms with Crippen LogP contribution in [-0.2, 0) is 9.47 Å². The normalized spacial score (nSPS) is 29.7. The van der Waals surface area contributed by atoms with Crippen LogP contribution in [0.5, 0.6) is 0 Å². The van der Waals surface area contributed by atoms with Gasteiger partial charge in [0.05, 0.1) is 11.2 Å². The highest BCUT2D eigenvalue weighted by Crippen LogP contribution is 2.44. The van der Waals surface area contributed by atoms with Crippen LogP contribution in [-0.4, -0.2) is 38.0 Å². The van der Waals surface area contributed by atoms with Gasteiger partial charge in [-0.1, -0.05) is 12.8 Å². The van der Waals surface area contributed by atoms with Crippen molar-refractivity contribution in [3.05, 3.63) is 0 Å². The van der Waals surface area contributed by atoms with Gasteiger partial charge in [0.15, 0.2) is 0 Å². The lowest BCUT2D eigenvalue weighted by Crippen LogP contribution is -2.54. The molecule has 1 saturated carbocycles. The van der Waals surface area contributed by atoms with E-state index in [-0.39, 0.29) is 11.2 Å². The molecule has 2 fully saturated rings. The lowest BCUT2D eigenvalue weighted by molar-refractivity contribution is -0.116. The van der Waals surface area contributed by atoms with E-state index in [1.54, 1.807) is 0 Å². The van der Waals surface area contributed by atoms with Crippen LogP contribution in [0, 0.1) is 5.92 Å². The Labute approximate surface area is 112 Å². The van der Waals surface area contributed by atoms with E-state index in [2.05, 4.69) is 26.2 Å². The van der Waals surface area contributed by atoms with Gasteiger partial charge in [-0.25, -0.2) is 0 Å². The SMILES string of the molecule is CNC(C1CCOC2(CCCC2)C1)C(C)(C)OC. The molecule has 0 aromatic rings. The molecule has 1 aliphatic heterocycles. The number of nitrogens with one attached hydrogen (secondary N) is 1. The Balaban J connectivity index is 2.07. The van der Waals surface area contributed by atoms with E-state index in [1.165, 1.54) is 32.1 Å². The van der Waals surface area contributed by atoms with Gasteiger partial charge in [-0.3, -0.25) is 0 Å². The molecule has 0 aromatic carbocycles. The molecule has 0 radical (unpaired) electrons. The number of hydrogen-bond donors (Lipinski definition) is 1. The smallest absolute Gasteiger partial charge is 0.0777 e. The summed E-state index contributed by atoms with van der Waals surface area (Å²) >= 11 is 0. The van der Waals surface area contributed by atoms with Crippen molar-refractivity contribution in [2.75, 3.05) is 20.8 Å². The van der Waals surface area contributed by atoms with Gasteiger partial charge in [-0.05, 0) is 52.5 Å². The van der Waals surface area contributed by atoms with Gasteiger partial charge in [0.1, 0.15) is 0 Å². The van der Waals surface area contributed by atoms with E-state index in [1.807, 2.05) is 7.11 Å². The van der Waals surface area contributed by atoms with Gasteiger partial charge in [-0.15, -0.1) is 0 Å². The van der Waals surface area contributed by atoms with Gasteiger partial charge in [0, 0.05) is 19.8 Å². The second kappa shape index (κ2) is 5.48. The maximum Gasteiger partial charge on any atom is 0.0777 e. The summed E-state index contributed by atoms with van der Waals surface area (Å²) in [6, 6.07) is 0.406. The van der Waals surface area contributed by atoms with Gasteiger partial charge in [0.2, 0.25) is 0 Å². The second-order valence-electron chi connectivity index (χ2n) is 6.57. The average Bonchev–Trinajstić information content (AvgIpc) is 2.78. The Kier molecular flexibility index (Phi) is 4.35. The van der Waals surface area contributed by atoms with Crippen molar-refractivity contribution in [1.29, 1.82) is 0 Å². The molecule has 2 atom stereocenters. The first-order chi connectivity index (χ1) is 8.53. The first-order valence-electron chi connectivity index (χ1n) is 7.39. The van der Waals surface area contributed by atoms with Crippen molar-refractivity contribution in [2.45, 2.75) is 69.6 Å². The molecule has 18 heavy (non-hydrogen) atoms. The zero-order chi connectivity index (χ0) is 13.2. The van der Waals surface area contributed by atoms with E-state index in [4.69, 9.17) is 9.47 Å². The summed E-state index contributed by atoms with van der Waals surface area (Å²) in [6.07, 6.45) is 7.54. The largest absolute Gasteiger partial charge is 0.377 e. The highest BCUT2D eigenvalue weighted by Gasteiger charge is 2.45. The molecule has 3 heteroatoms. The molecule has 1 saturated heterocycles. The molecule has 106 valence electrons. The first-order valence-corrected chi connectivity index (χ1v) is 7.39. The molecule has 1 heterocycles. The summed E-state index contributed by atoms with van der Waals surface area (Å²) in [5.41, 5.74) is 0.0817. The number of methoxy groups -OCH3 is 1. The van der Waals surface area contributed by atoms with Crippen LogP contribution in [0.2, 0.25) is 0 Å². The molecule has 0 aromatic heterocycles. The summed E-state index contributed by atoms with van der Waals surface area (Å²) in [7, 11) is 3.87. The van der Waals surface area contributed by atoms with Crippen molar-refractivity contribution in [2.24, 2.45) is 5.92 Å². The number of rotatable bonds is 4. The molecule has 0 amide bonds. The molecule has 3 nitrogen and oxygen atoms in total. The van der Waals surface area contributed by atoms with Crippen LogP contribution in [0.25, 0.3) is 0 Å². The van der Waals surface area contributed by atoms with Gasteiger partial charge >= 0.3 is 0 Å². The minimum absolute atomic E-state index is 0.115. The molecule has 2 rings (SSSR count). The van der Waals surface area contributed by atoms with Crippen LogP contribution in [0.4, 0.5) is 0 Å². The van der Waals surface area contributed by atoms with Crippen molar-refractivity contribution in [3.8, 4) is 0 Å². The Morgan fingerprint density at radius 2 is 2.00 bits per heavy atom. The Bertz CT molecular complexity index is 272. The van der Waals surface area contributed by atoms with Gasteiger partial charge < -0.3 is 14.8 Å². The van der Waals surface area contributed by atoms with E-state index in [9.17, 15) is 0 Å². The molecule has 2 unspecified atom stereocenters. The molecular weight excluding hydrogens is 226 g/mol. The Hall–Kier alpha value is -0.120. The predicted molar refractivity (Wildman–Crippen MR) is 73.8 cm³/mol. The molecule has 0 bridgehead atoms. The Morgan fingerprint density at radius 3 is 2.56 bits per heavy atom. The minimum Gasteiger partial charge on any atom is -0.377 e. The van der Waals surface area contributed by atoms with Crippen molar-refractivity contribution in [3.63, 3.8) is 0 Å². The monoisotopic (exact) mass is 255 g/mol. The quantitative estimate of drug-likeness (QED) is 0.838. The Morgan fingerprint density at radius 1 is 1.33 bits per heavy atom. The van der Waals surface area contributed by atoms with Crippen molar-refractivity contribution >= 4 is 0 Å². The van der Waals surface area contributed by atoms with Crippen LogP contribution >= 0.6 is 0 Å². The van der Waals surface area contributed by atoms with Crippen LogP contribution < -0.4 is 5.32 Å². The second-order valence-corrected chi connectivity index (χ2v) is 6.57. The summed E-state index contributed by atoms with van der Waals surface area (Å²) < 4.78 is 11.8. The van der Waals surface area contributed by atoms with Gasteiger partial charge in [-0.2, -0.15) is 0 Å². The zero-order valence-corrected chi connectivity index (χ0v) is 12.4. The average molecular weight is 255 g/mol. The summed E-state index contributed by atoms with van der Waals surface area (Å²) in [6.45, 7) is 5.29. The minimum atomic E-state index is -0.115. The zero-order valence-electron chi connectivity index (χ0n) is 12.4. The molecule has 1 spiro atoms. The maximum absolute atomic E-state index is 6.13. The number of ether oxygens (including phenoxy) is 2. The fraction of sp³-hybridized carbons (Fsp3) is 1.00. The standard InChI is InChI=1S/C15H29NO2/c1-14(2,17-4)13(16-3)12-7-10-18-15(11-12)8-5-6-9-15/h12-13,16H,5-11H2,1-4H3. The maximum atomic E-state index is 6.13. The van der Waals surface area contributed by atoms with E-state index < -0.39 is 0 Å². The lowest BCUT2D eigenvalue weighted by atomic mass is 9.76. The lowest BCUT2D eigenvalue weighted by Gasteiger charge is -2.45. The summed E-state index contributed by atoms with van der Waals surface area (Å²) in [5, 5.41) is 3.49. The third-order valence-corrected chi connectivity index (χ3v) is 5.10. The van der Waals surface area contributed by atoms with Crippen molar-refractivity contribution in [1.82, 2.24) is 5.32 Å². The molecule has 2 aliphatic rings. The molecular formula is C15H29NO2. The summed E-state index contributed by atoms with van der Waals surface area (Å²) in [5.74, 6) is 0.664. The van der Waals surface area contributed by atoms with E-state index in [0.717, 1.165) is 13.0 Å². The third kappa shape index (κ3) is 2.73. The fourth-order valence-electron chi connectivity index (χ4n) is 4.00. The van der Waals surface area contributed by atoms with Crippen LogP contribution in [0.1, 0.15) is 52.4 Å². The van der Waals surface area contributed by atoms with E-state index >= 15 is 0 Å².